The predicted octanol–water partition coefficient (Wildman–Crippen LogP) is 2.31. The number of nitrogens with one attached hydrogen (secondary N) is 2. The van der Waals surface area contributed by atoms with E-state index in [1.165, 1.54) is 41.7 Å². The molecule has 33 heavy (non-hydrogen) atoms. The lowest BCUT2D eigenvalue weighted by Gasteiger charge is -2.13. The quantitative estimate of drug-likeness (QED) is 0.337. The molecule has 0 atom stereocenters. The van der Waals surface area contributed by atoms with Crippen molar-refractivity contribution in [2.75, 3.05) is 11.5 Å². The van der Waals surface area contributed by atoms with E-state index in [2.05, 4.69) is 10.9 Å². The summed E-state index contributed by atoms with van der Waals surface area (Å²) in [4.78, 5) is 62.5. The SMILES string of the molecule is O=C(COC(=O)c1ccc2c(c1)C(=O)N(c1ccc(F)cc1)C2=O)NNC(=O)c1cccs1. The van der Waals surface area contributed by atoms with Crippen molar-refractivity contribution in [3.05, 3.63) is 87.4 Å². The van der Waals surface area contributed by atoms with Gasteiger partial charge in [-0.15, -0.1) is 11.3 Å². The molecule has 4 amide bonds. The Kier molecular flexibility index (Phi) is 5.96. The lowest BCUT2D eigenvalue weighted by molar-refractivity contribution is -0.125. The van der Waals surface area contributed by atoms with E-state index in [1.807, 2.05) is 0 Å². The maximum absolute atomic E-state index is 13.2. The summed E-state index contributed by atoms with van der Waals surface area (Å²) in [5, 5.41) is 1.70. The molecule has 0 aliphatic carbocycles. The topological polar surface area (TPSA) is 122 Å². The van der Waals surface area contributed by atoms with Gasteiger partial charge in [0.2, 0.25) is 0 Å². The molecule has 0 spiro atoms. The standard InChI is InChI=1S/C22H14FN3O6S/c23-13-4-6-14(7-5-13)26-20(29)15-8-3-12(10-16(15)21(26)30)22(31)32-11-18(27)24-25-19(28)17-2-1-9-33-17/h1-10H,11H2,(H,24,27)(H,25,28). The summed E-state index contributed by atoms with van der Waals surface area (Å²) in [6.07, 6.45) is 0. The molecular formula is C22H14FN3O6S. The Morgan fingerprint density at radius 1 is 0.939 bits per heavy atom. The van der Waals surface area contributed by atoms with Crippen molar-refractivity contribution in [1.29, 1.82) is 0 Å². The number of nitrogens with zero attached hydrogens (tertiary/aromatic N) is 1. The first-order chi connectivity index (χ1) is 15.8. The van der Waals surface area contributed by atoms with Crippen LogP contribution in [0.2, 0.25) is 0 Å². The van der Waals surface area contributed by atoms with Gasteiger partial charge in [-0.1, -0.05) is 6.07 Å². The Morgan fingerprint density at radius 2 is 1.67 bits per heavy atom. The number of hydrogen-bond acceptors (Lipinski definition) is 7. The van der Waals surface area contributed by atoms with Crippen LogP contribution in [0.25, 0.3) is 0 Å². The zero-order valence-corrected chi connectivity index (χ0v) is 17.5. The molecule has 11 heteroatoms. The number of amides is 4. The van der Waals surface area contributed by atoms with E-state index in [0.717, 1.165) is 17.0 Å². The van der Waals surface area contributed by atoms with E-state index in [-0.39, 0.29) is 22.4 Å². The third kappa shape index (κ3) is 4.48. The maximum atomic E-state index is 13.2. The van der Waals surface area contributed by atoms with Gasteiger partial charge in [-0.05, 0) is 53.9 Å². The van der Waals surface area contributed by atoms with Crippen LogP contribution < -0.4 is 15.8 Å². The number of hydrogen-bond donors (Lipinski definition) is 2. The molecule has 2 heterocycles. The van der Waals surface area contributed by atoms with Crippen LogP contribution in [0, 0.1) is 5.82 Å². The molecular weight excluding hydrogens is 453 g/mol. The fourth-order valence-electron chi connectivity index (χ4n) is 3.04. The van der Waals surface area contributed by atoms with E-state index in [1.54, 1.807) is 17.5 Å². The molecule has 1 aliphatic heterocycles. The fourth-order valence-corrected chi connectivity index (χ4v) is 3.66. The summed E-state index contributed by atoms with van der Waals surface area (Å²) < 4.78 is 18.1. The van der Waals surface area contributed by atoms with Gasteiger partial charge in [0.1, 0.15) is 5.82 Å². The van der Waals surface area contributed by atoms with Crippen molar-refractivity contribution in [3.63, 3.8) is 0 Å². The Morgan fingerprint density at radius 3 is 2.36 bits per heavy atom. The molecule has 0 bridgehead atoms. The molecule has 0 saturated heterocycles. The van der Waals surface area contributed by atoms with Gasteiger partial charge in [0.15, 0.2) is 6.61 Å². The molecule has 1 aromatic heterocycles. The van der Waals surface area contributed by atoms with Crippen molar-refractivity contribution < 1.29 is 33.1 Å². The molecule has 1 aliphatic rings. The number of benzene rings is 2. The predicted molar refractivity (Wildman–Crippen MR) is 114 cm³/mol. The van der Waals surface area contributed by atoms with Crippen LogP contribution in [0.4, 0.5) is 10.1 Å². The summed E-state index contributed by atoms with van der Waals surface area (Å²) in [6.45, 7) is -0.685. The summed E-state index contributed by atoms with van der Waals surface area (Å²) in [6, 6.07) is 11.9. The van der Waals surface area contributed by atoms with E-state index < -0.39 is 42.0 Å². The number of rotatable bonds is 5. The minimum Gasteiger partial charge on any atom is -0.452 e. The smallest absolute Gasteiger partial charge is 0.338 e. The first-order valence-corrected chi connectivity index (χ1v) is 10.3. The monoisotopic (exact) mass is 467 g/mol. The average molecular weight is 467 g/mol. The van der Waals surface area contributed by atoms with Gasteiger partial charge < -0.3 is 4.74 Å². The Hall–Kier alpha value is -4.38. The second-order valence-corrected chi connectivity index (χ2v) is 7.69. The summed E-state index contributed by atoms with van der Waals surface area (Å²) >= 11 is 1.19. The molecule has 2 aromatic carbocycles. The minimum absolute atomic E-state index is 0.0218. The largest absolute Gasteiger partial charge is 0.452 e. The lowest BCUT2D eigenvalue weighted by Crippen LogP contribution is -2.43. The van der Waals surface area contributed by atoms with Gasteiger partial charge in [-0.3, -0.25) is 30.0 Å². The molecule has 0 saturated carbocycles. The first kappa shape index (κ1) is 21.8. The van der Waals surface area contributed by atoms with E-state index in [9.17, 15) is 28.4 Å². The van der Waals surface area contributed by atoms with Gasteiger partial charge in [0, 0.05) is 0 Å². The van der Waals surface area contributed by atoms with Crippen molar-refractivity contribution >= 4 is 46.6 Å². The van der Waals surface area contributed by atoms with Crippen LogP contribution in [0.3, 0.4) is 0 Å². The van der Waals surface area contributed by atoms with Gasteiger partial charge in [0.05, 0.1) is 27.3 Å². The zero-order chi connectivity index (χ0) is 23.5. The number of carbonyl (C=O) groups is 5. The number of carbonyl (C=O) groups excluding carboxylic acids is 5. The molecule has 166 valence electrons. The van der Waals surface area contributed by atoms with E-state index in [0.29, 0.717) is 4.88 Å². The number of anilines is 1. The third-order valence-corrected chi connectivity index (χ3v) is 5.47. The summed E-state index contributed by atoms with van der Waals surface area (Å²) in [5.41, 5.74) is 4.50. The number of thiophene rings is 1. The second kappa shape index (κ2) is 9.01. The third-order valence-electron chi connectivity index (χ3n) is 4.60. The first-order valence-electron chi connectivity index (χ1n) is 9.43. The van der Waals surface area contributed by atoms with Crippen molar-refractivity contribution in [3.8, 4) is 0 Å². The highest BCUT2D eigenvalue weighted by Crippen LogP contribution is 2.29. The lowest BCUT2D eigenvalue weighted by atomic mass is 10.1. The van der Waals surface area contributed by atoms with Crippen LogP contribution in [-0.2, 0) is 9.53 Å². The van der Waals surface area contributed by atoms with Crippen molar-refractivity contribution in [2.24, 2.45) is 0 Å². The number of ether oxygens (including phenoxy) is 1. The molecule has 0 unspecified atom stereocenters. The van der Waals surface area contributed by atoms with Gasteiger partial charge >= 0.3 is 5.97 Å². The minimum atomic E-state index is -0.905. The van der Waals surface area contributed by atoms with Crippen molar-refractivity contribution in [2.45, 2.75) is 0 Å². The van der Waals surface area contributed by atoms with Gasteiger partial charge in [-0.25, -0.2) is 14.1 Å². The number of hydrazine groups is 1. The summed E-state index contributed by atoms with van der Waals surface area (Å²) in [7, 11) is 0. The number of esters is 1. The number of imide groups is 1. The molecule has 3 aromatic rings. The highest BCUT2D eigenvalue weighted by atomic mass is 32.1. The zero-order valence-electron chi connectivity index (χ0n) is 16.7. The van der Waals surface area contributed by atoms with Gasteiger partial charge in [0.25, 0.3) is 23.6 Å². The number of halogens is 1. The molecule has 4 rings (SSSR count). The highest BCUT2D eigenvalue weighted by molar-refractivity contribution is 7.12. The maximum Gasteiger partial charge on any atom is 0.338 e. The van der Waals surface area contributed by atoms with Crippen molar-refractivity contribution in [1.82, 2.24) is 10.9 Å². The van der Waals surface area contributed by atoms with E-state index in [4.69, 9.17) is 4.74 Å². The van der Waals surface area contributed by atoms with Crippen LogP contribution in [0.5, 0.6) is 0 Å². The van der Waals surface area contributed by atoms with Crippen LogP contribution in [0.1, 0.15) is 40.7 Å². The Balaban J connectivity index is 1.38. The Bertz CT molecular complexity index is 1270. The molecule has 0 fully saturated rings. The number of fused-ring (bicyclic) bond motifs is 1. The molecule has 0 radical (unpaired) electrons. The summed E-state index contributed by atoms with van der Waals surface area (Å²) in [5.74, 6) is -4.00. The Labute approximate surface area is 189 Å². The van der Waals surface area contributed by atoms with Crippen LogP contribution in [-0.4, -0.2) is 36.2 Å². The highest BCUT2D eigenvalue weighted by Gasteiger charge is 2.37. The fraction of sp³-hybridized carbons (Fsp3) is 0.0455. The normalized spacial score (nSPS) is 12.3. The van der Waals surface area contributed by atoms with Crippen LogP contribution >= 0.6 is 11.3 Å². The van der Waals surface area contributed by atoms with Crippen LogP contribution in [0.15, 0.2) is 60.0 Å². The molecule has 9 nitrogen and oxygen atoms in total. The van der Waals surface area contributed by atoms with E-state index >= 15 is 0 Å². The van der Waals surface area contributed by atoms with Gasteiger partial charge in [-0.2, -0.15) is 0 Å². The average Bonchev–Trinajstić information content (AvgIpc) is 3.44. The molecule has 2 N–H and O–H groups in total. The second-order valence-electron chi connectivity index (χ2n) is 6.74.